The van der Waals surface area contributed by atoms with Gasteiger partial charge in [0.15, 0.2) is 0 Å². The number of alkyl halides is 3. The Kier molecular flexibility index (Phi) is 3.18. The van der Waals surface area contributed by atoms with Gasteiger partial charge in [-0.3, -0.25) is 0 Å². The summed E-state index contributed by atoms with van der Waals surface area (Å²) in [6.07, 6.45) is -6.01. The molecule has 84 valence electrons. The zero-order valence-corrected chi connectivity index (χ0v) is 8.04. The topological polar surface area (TPSA) is 59.1 Å². The Hall–Kier alpha value is -1.30. The van der Waals surface area contributed by atoms with Crippen molar-refractivity contribution in [3.8, 4) is 0 Å². The lowest BCUT2D eigenvalue weighted by molar-refractivity contribution is -0.154. The molecule has 0 aliphatic rings. The number of hydrogen-bond donors (Lipinski definition) is 2. The van der Waals surface area contributed by atoms with Gasteiger partial charge in [0.1, 0.15) is 5.82 Å². The normalized spacial score (nSPS) is 13.9. The van der Waals surface area contributed by atoms with Crippen LogP contribution in [-0.2, 0) is 0 Å². The van der Waals surface area contributed by atoms with Gasteiger partial charge in [-0.15, -0.1) is 0 Å². The Morgan fingerprint density at radius 1 is 1.53 bits per heavy atom. The van der Waals surface area contributed by atoms with E-state index in [1.165, 1.54) is 12.3 Å². The van der Waals surface area contributed by atoms with Crippen molar-refractivity contribution in [2.24, 2.45) is 0 Å². The largest absolute Gasteiger partial charge is 0.391 e. The number of hydrogen-bond acceptors (Lipinski definition) is 3. The molecule has 3 N–H and O–H groups in total. The molecule has 0 saturated carbocycles. The average Bonchev–Trinajstić information content (AvgIpc) is 1.99. The highest BCUT2D eigenvalue weighted by Gasteiger charge is 2.33. The van der Waals surface area contributed by atoms with Crippen LogP contribution in [0.15, 0.2) is 12.3 Å². The molecule has 0 aromatic carbocycles. The van der Waals surface area contributed by atoms with Gasteiger partial charge in [0.05, 0.1) is 12.5 Å². The summed E-state index contributed by atoms with van der Waals surface area (Å²) in [6, 6.07) is 1.51. The summed E-state index contributed by atoms with van der Waals surface area (Å²) in [4.78, 5) is 3.64. The van der Waals surface area contributed by atoms with E-state index in [0.717, 1.165) is 0 Å². The van der Waals surface area contributed by atoms with Gasteiger partial charge in [0, 0.05) is 11.8 Å². The molecular formula is C9H11F3N2O. The molecule has 0 aliphatic heterocycles. The Balaban J connectivity index is 2.96. The standard InChI is InChI=1S/C9H11F3N2O/c1-5-2-3-14-8(13)7(5)6(15)4-9(10,11)12/h2-3,6,15H,4H2,1H3,(H2,13,14). The Bertz CT molecular complexity index is 331. The minimum Gasteiger partial charge on any atom is -0.388 e. The van der Waals surface area contributed by atoms with Crippen LogP contribution in [0, 0.1) is 6.92 Å². The number of nitrogens with zero attached hydrogens (tertiary/aromatic N) is 1. The number of nitrogens with two attached hydrogens (primary N) is 1. The van der Waals surface area contributed by atoms with Crippen LogP contribution >= 0.6 is 0 Å². The van der Waals surface area contributed by atoms with Crippen LogP contribution in [-0.4, -0.2) is 16.3 Å². The molecule has 0 aliphatic carbocycles. The quantitative estimate of drug-likeness (QED) is 0.800. The number of pyridine rings is 1. The zero-order valence-electron chi connectivity index (χ0n) is 8.04. The van der Waals surface area contributed by atoms with Gasteiger partial charge in [-0.2, -0.15) is 13.2 Å². The van der Waals surface area contributed by atoms with E-state index in [0.29, 0.717) is 5.56 Å². The van der Waals surface area contributed by atoms with Crippen LogP contribution in [0.1, 0.15) is 23.7 Å². The van der Waals surface area contributed by atoms with Gasteiger partial charge in [-0.1, -0.05) is 0 Å². The second-order valence-corrected chi connectivity index (χ2v) is 3.26. The SMILES string of the molecule is Cc1ccnc(N)c1C(O)CC(F)(F)F. The molecule has 1 rings (SSSR count). The first-order valence-corrected chi connectivity index (χ1v) is 4.27. The summed E-state index contributed by atoms with van der Waals surface area (Å²) in [5, 5.41) is 9.38. The summed E-state index contributed by atoms with van der Waals surface area (Å²) in [7, 11) is 0. The molecule has 1 aromatic rings. The van der Waals surface area contributed by atoms with Crippen molar-refractivity contribution in [1.82, 2.24) is 4.98 Å². The zero-order chi connectivity index (χ0) is 11.6. The highest BCUT2D eigenvalue weighted by atomic mass is 19.4. The molecule has 1 atom stereocenters. The lowest BCUT2D eigenvalue weighted by Crippen LogP contribution is -2.16. The molecule has 1 aromatic heterocycles. The molecule has 0 amide bonds. The predicted molar refractivity (Wildman–Crippen MR) is 49.0 cm³/mol. The lowest BCUT2D eigenvalue weighted by atomic mass is 10.0. The fourth-order valence-corrected chi connectivity index (χ4v) is 1.35. The van der Waals surface area contributed by atoms with Crippen LogP contribution in [0.5, 0.6) is 0 Å². The first kappa shape index (κ1) is 11.8. The molecular weight excluding hydrogens is 209 g/mol. The van der Waals surface area contributed by atoms with Gasteiger partial charge in [-0.05, 0) is 18.6 Å². The number of halogens is 3. The van der Waals surface area contributed by atoms with Crippen LogP contribution in [0.3, 0.4) is 0 Å². The van der Waals surface area contributed by atoms with Crippen molar-refractivity contribution >= 4 is 5.82 Å². The molecule has 0 fully saturated rings. The number of aryl methyl sites for hydroxylation is 1. The molecule has 1 heterocycles. The van der Waals surface area contributed by atoms with E-state index in [2.05, 4.69) is 4.98 Å². The fraction of sp³-hybridized carbons (Fsp3) is 0.444. The van der Waals surface area contributed by atoms with E-state index in [-0.39, 0.29) is 11.4 Å². The molecule has 1 unspecified atom stereocenters. The van der Waals surface area contributed by atoms with Gasteiger partial charge in [0.2, 0.25) is 0 Å². The van der Waals surface area contributed by atoms with Crippen molar-refractivity contribution in [2.75, 3.05) is 5.73 Å². The summed E-state index contributed by atoms with van der Waals surface area (Å²) >= 11 is 0. The predicted octanol–water partition coefficient (Wildman–Crippen LogP) is 1.96. The van der Waals surface area contributed by atoms with E-state index in [9.17, 15) is 18.3 Å². The van der Waals surface area contributed by atoms with Gasteiger partial charge >= 0.3 is 6.18 Å². The summed E-state index contributed by atoms with van der Waals surface area (Å²) in [5.74, 6) is -0.0632. The number of rotatable bonds is 2. The maximum Gasteiger partial charge on any atom is 0.391 e. The average molecular weight is 220 g/mol. The van der Waals surface area contributed by atoms with Gasteiger partial charge in [0.25, 0.3) is 0 Å². The van der Waals surface area contributed by atoms with E-state index >= 15 is 0 Å². The number of aliphatic hydroxyl groups is 1. The van der Waals surface area contributed by atoms with Crippen molar-refractivity contribution in [3.63, 3.8) is 0 Å². The van der Waals surface area contributed by atoms with E-state index < -0.39 is 18.7 Å². The van der Waals surface area contributed by atoms with E-state index in [1.54, 1.807) is 6.92 Å². The molecule has 15 heavy (non-hydrogen) atoms. The monoisotopic (exact) mass is 220 g/mol. The third-order valence-electron chi connectivity index (χ3n) is 2.00. The maximum absolute atomic E-state index is 12.0. The van der Waals surface area contributed by atoms with Crippen molar-refractivity contribution < 1.29 is 18.3 Å². The summed E-state index contributed by atoms with van der Waals surface area (Å²) in [6.45, 7) is 1.58. The molecule has 6 heteroatoms. The minimum absolute atomic E-state index is 0.0508. The van der Waals surface area contributed by atoms with E-state index in [1.807, 2.05) is 0 Å². The molecule has 3 nitrogen and oxygen atoms in total. The lowest BCUT2D eigenvalue weighted by Gasteiger charge is -2.16. The minimum atomic E-state index is -4.42. The van der Waals surface area contributed by atoms with E-state index in [4.69, 9.17) is 5.73 Å². The molecule has 0 bridgehead atoms. The van der Waals surface area contributed by atoms with Crippen LogP contribution in [0.4, 0.5) is 19.0 Å². The van der Waals surface area contributed by atoms with Crippen LogP contribution in [0.25, 0.3) is 0 Å². The third-order valence-corrected chi connectivity index (χ3v) is 2.00. The summed E-state index contributed by atoms with van der Waals surface area (Å²) in [5.41, 5.74) is 5.95. The summed E-state index contributed by atoms with van der Waals surface area (Å²) < 4.78 is 36.1. The maximum atomic E-state index is 12.0. The third kappa shape index (κ3) is 3.09. The second kappa shape index (κ2) is 4.06. The number of aliphatic hydroxyl groups excluding tert-OH is 1. The second-order valence-electron chi connectivity index (χ2n) is 3.26. The smallest absolute Gasteiger partial charge is 0.388 e. The Morgan fingerprint density at radius 3 is 2.60 bits per heavy atom. The highest BCUT2D eigenvalue weighted by molar-refractivity contribution is 5.45. The van der Waals surface area contributed by atoms with Crippen LogP contribution < -0.4 is 5.73 Å². The number of aromatic nitrogens is 1. The fourth-order valence-electron chi connectivity index (χ4n) is 1.35. The highest BCUT2D eigenvalue weighted by Crippen LogP contribution is 2.32. The Labute approximate surface area is 84.7 Å². The van der Waals surface area contributed by atoms with Crippen molar-refractivity contribution in [3.05, 3.63) is 23.4 Å². The van der Waals surface area contributed by atoms with Crippen LogP contribution in [0.2, 0.25) is 0 Å². The molecule has 0 saturated heterocycles. The van der Waals surface area contributed by atoms with Gasteiger partial charge in [-0.25, -0.2) is 4.98 Å². The molecule has 0 spiro atoms. The molecule has 0 radical (unpaired) electrons. The van der Waals surface area contributed by atoms with Crippen molar-refractivity contribution in [1.29, 1.82) is 0 Å². The number of anilines is 1. The van der Waals surface area contributed by atoms with Gasteiger partial charge < -0.3 is 10.8 Å². The van der Waals surface area contributed by atoms with Crippen molar-refractivity contribution in [2.45, 2.75) is 25.6 Å². The first-order chi connectivity index (χ1) is 6.81. The number of nitrogen functional groups attached to an aromatic ring is 1. The first-order valence-electron chi connectivity index (χ1n) is 4.27. The Morgan fingerprint density at radius 2 is 2.13 bits per heavy atom.